The molecule has 0 fully saturated rings. The molecule has 0 N–H and O–H groups in total. The van der Waals surface area contributed by atoms with Crippen LogP contribution in [0.15, 0.2) is 200 Å². The molecule has 0 nitrogen and oxygen atoms in total. The molecule has 0 aliphatic heterocycles. The predicted molar refractivity (Wildman–Crippen MR) is 247 cm³/mol. The third-order valence-corrected chi connectivity index (χ3v) is 10.4. The molecule has 274 valence electrons. The Hall–Kier alpha value is -5.66. The third kappa shape index (κ3) is 8.40. The molecule has 0 aliphatic rings. The molecule has 11 aromatic rings. The molecule has 0 atom stereocenters. The molecule has 0 aliphatic carbocycles. The van der Waals surface area contributed by atoms with Crippen molar-refractivity contribution in [1.29, 1.82) is 0 Å². The van der Waals surface area contributed by atoms with Gasteiger partial charge in [0.1, 0.15) is 0 Å². The van der Waals surface area contributed by atoms with E-state index in [4.69, 9.17) is 0 Å². The van der Waals surface area contributed by atoms with Gasteiger partial charge in [0, 0.05) is 0 Å². The van der Waals surface area contributed by atoms with Crippen molar-refractivity contribution in [3.8, 4) is 22.3 Å². The Morgan fingerprint density at radius 3 is 1.18 bits per heavy atom. The Labute approximate surface area is 353 Å². The van der Waals surface area contributed by atoms with Gasteiger partial charge < -0.3 is 7.43 Å². The fourth-order valence-electron chi connectivity index (χ4n) is 8.00. The zero-order valence-electron chi connectivity index (χ0n) is 32.6. The van der Waals surface area contributed by atoms with Gasteiger partial charge in [-0.25, -0.2) is 0 Å². The minimum Gasteiger partial charge on any atom is -0.184 e. The zero-order valence-corrected chi connectivity index (χ0v) is 36.0. The minimum absolute atomic E-state index is 0. The first-order valence-corrected chi connectivity index (χ1v) is 23.1. The molecular weight excluding hydrogens is 780 g/mol. The van der Waals surface area contributed by atoms with Crippen molar-refractivity contribution < 1.29 is 23.3 Å². The van der Waals surface area contributed by atoms with Crippen LogP contribution in [-0.2, 0) is 23.3 Å². The average Bonchev–Trinajstić information content (AvgIpc) is 3.90. The summed E-state index contributed by atoms with van der Waals surface area (Å²) in [5.41, 5.74) is 7.88. The van der Waals surface area contributed by atoms with Gasteiger partial charge in [-0.15, -0.1) is 69.1 Å². The second kappa shape index (κ2) is 18.1. The second-order valence-corrected chi connectivity index (χ2v) is 14.2. The van der Waals surface area contributed by atoms with Crippen molar-refractivity contribution in [2.24, 2.45) is 0 Å². The van der Waals surface area contributed by atoms with Gasteiger partial charge in [0.15, 0.2) is 0 Å². The first kappa shape index (κ1) is 39.6. The van der Waals surface area contributed by atoms with Crippen molar-refractivity contribution in [2.45, 2.75) is 13.8 Å². The summed E-state index contributed by atoms with van der Waals surface area (Å²) in [4.78, 5) is 0. The van der Waals surface area contributed by atoms with E-state index in [1.54, 1.807) is 0 Å². The maximum absolute atomic E-state index is 3.06. The smallest absolute Gasteiger partial charge is 0.171 e. The molecule has 11 rings (SSSR count). The monoisotopic (exact) mass is 820 g/mol. The van der Waals surface area contributed by atoms with Crippen molar-refractivity contribution >= 4 is 71.5 Å². The summed E-state index contributed by atoms with van der Waals surface area (Å²) in [6.45, 7) is 7.42. The van der Waals surface area contributed by atoms with E-state index in [0.29, 0.717) is 0 Å². The molecule has 0 saturated carbocycles. The van der Waals surface area contributed by atoms with Crippen LogP contribution in [0.3, 0.4) is 0 Å². The number of fused-ring (bicyclic) bond motifs is 8. The van der Waals surface area contributed by atoms with Gasteiger partial charge in [0.25, 0.3) is 0 Å². The summed E-state index contributed by atoms with van der Waals surface area (Å²) in [7, 11) is 0. The van der Waals surface area contributed by atoms with Gasteiger partial charge in [-0.2, -0.15) is 36.4 Å². The van der Waals surface area contributed by atoms with Crippen LogP contribution < -0.4 is 0 Å². The Kier molecular flexibility index (Phi) is 12.5. The Balaban J connectivity index is 0.000000144. The summed E-state index contributed by atoms with van der Waals surface area (Å²) < 4.78 is 0. The van der Waals surface area contributed by atoms with Gasteiger partial charge >= 0.3 is 30.2 Å². The summed E-state index contributed by atoms with van der Waals surface area (Å²) in [5.74, 6) is 0. The van der Waals surface area contributed by atoms with Gasteiger partial charge in [-0.1, -0.05) is 156 Å². The Morgan fingerprint density at radius 2 is 0.789 bits per heavy atom. The zero-order chi connectivity index (χ0) is 38.4. The van der Waals surface area contributed by atoms with Crippen LogP contribution in [0.4, 0.5) is 0 Å². The van der Waals surface area contributed by atoms with Crippen molar-refractivity contribution in [1.82, 2.24) is 0 Å². The van der Waals surface area contributed by atoms with E-state index in [0.717, 1.165) is 0 Å². The maximum atomic E-state index is 3.06. The Morgan fingerprint density at radius 1 is 0.404 bits per heavy atom. The van der Waals surface area contributed by atoms with E-state index < -0.39 is 0 Å². The molecule has 0 heterocycles. The number of hydrogen-bond acceptors (Lipinski definition) is 0. The fraction of sp³-hybridized carbons (Fsp3) is 0.0364. The number of rotatable bonds is 2. The summed E-state index contributed by atoms with van der Waals surface area (Å²) >= 11 is 1.36. The standard InChI is InChI=1S/2C24H17.C6H5.CH3.Si.Zr/c2*1-16-12-20-11-10-17-6-4-5-9-22(17)24(20)23(13-16)21-14-18-7-2-3-8-19(18)15-21;1-2-4-6-5-3-1;;;/h2*2-15H,1H3;1-5H;1H3;;/q4*-1;;. The predicted octanol–water partition coefficient (Wildman–Crippen LogP) is 15.2. The van der Waals surface area contributed by atoms with Gasteiger partial charge in [0.05, 0.1) is 0 Å². The average molecular weight is 822 g/mol. The van der Waals surface area contributed by atoms with Gasteiger partial charge in [0.2, 0.25) is 0 Å². The largest absolute Gasteiger partial charge is 0.184 e. The molecule has 0 saturated heterocycles. The van der Waals surface area contributed by atoms with Gasteiger partial charge in [-0.3, -0.25) is 0 Å². The molecule has 11 aromatic carbocycles. The Bertz CT molecular complexity index is 2810. The van der Waals surface area contributed by atoms with E-state index in [-0.39, 0.29) is 7.43 Å². The molecule has 0 spiro atoms. The van der Waals surface area contributed by atoms with Crippen LogP contribution in [0.1, 0.15) is 11.1 Å². The summed E-state index contributed by atoms with van der Waals surface area (Å²) in [6.07, 6.45) is 0. The molecule has 57 heavy (non-hydrogen) atoms. The van der Waals surface area contributed by atoms with Crippen LogP contribution in [0, 0.1) is 27.3 Å². The van der Waals surface area contributed by atoms with Crippen molar-refractivity contribution in [3.63, 3.8) is 0 Å². The van der Waals surface area contributed by atoms with Crippen molar-refractivity contribution in [3.05, 3.63) is 225 Å². The summed E-state index contributed by atoms with van der Waals surface area (Å²) in [6, 6.07) is 74.4. The molecule has 0 bridgehead atoms. The van der Waals surface area contributed by atoms with Crippen molar-refractivity contribution in [2.75, 3.05) is 0 Å². The van der Waals surface area contributed by atoms with E-state index >= 15 is 0 Å². The van der Waals surface area contributed by atoms with Crippen LogP contribution in [0.5, 0.6) is 0 Å². The first-order valence-electron chi connectivity index (χ1n) is 18.9. The summed E-state index contributed by atoms with van der Waals surface area (Å²) in [5, 5.41) is 15.8. The minimum atomic E-state index is 0. The SMILES string of the molecule is Cc1cc(-c2cc3ccccc3[cH-]2)c2c(ccc3ccccc32)c1.Cc1cc(-c2cc3ccccc3[cH-]2)c2c(ccc3ccccc32)c1.[CH3-].[Si]=[Zr].[c-]1ccccc1. The van der Waals surface area contributed by atoms with Crippen LogP contribution in [0.2, 0.25) is 0 Å². The quantitative estimate of drug-likeness (QED) is 0.0926. The van der Waals surface area contributed by atoms with E-state index in [2.05, 4.69) is 197 Å². The molecule has 2 radical (unpaired) electrons. The van der Waals surface area contributed by atoms with E-state index in [1.807, 2.05) is 30.3 Å². The number of aryl methyl sites for hydroxylation is 2. The number of benzene rings is 9. The third-order valence-electron chi connectivity index (χ3n) is 10.4. The molecule has 2 heteroatoms. The van der Waals surface area contributed by atoms with E-state index in [9.17, 15) is 0 Å². The van der Waals surface area contributed by atoms with Crippen LogP contribution >= 0.6 is 0 Å². The second-order valence-electron chi connectivity index (χ2n) is 14.2. The van der Waals surface area contributed by atoms with Crippen LogP contribution in [0.25, 0.3) is 86.9 Å². The van der Waals surface area contributed by atoms with Crippen LogP contribution in [-0.4, -0.2) is 6.88 Å². The molecular formula is C55H42SiZr-4. The maximum Gasteiger partial charge on any atom is -0.171 e. The fourth-order valence-corrected chi connectivity index (χ4v) is 8.00. The topological polar surface area (TPSA) is 0 Å². The molecule has 0 amide bonds. The number of hydrogen-bond donors (Lipinski definition) is 0. The van der Waals surface area contributed by atoms with Gasteiger partial charge in [-0.05, 0) is 56.9 Å². The molecule has 0 aromatic heterocycles. The van der Waals surface area contributed by atoms with E-state index in [1.165, 1.54) is 121 Å². The first-order chi connectivity index (χ1) is 27.6. The molecule has 0 unspecified atom stereocenters. The normalized spacial score (nSPS) is 10.6.